The van der Waals surface area contributed by atoms with Crippen LogP contribution in [0.2, 0.25) is 0 Å². The molecule has 0 atom stereocenters. The van der Waals surface area contributed by atoms with E-state index in [9.17, 15) is 9.59 Å². The summed E-state index contributed by atoms with van der Waals surface area (Å²) in [4.78, 5) is 23.1. The number of aryl methyl sites for hydroxylation is 1. The first-order valence-electron chi connectivity index (χ1n) is 4.74. The molecule has 0 fully saturated rings. The van der Waals surface area contributed by atoms with Gasteiger partial charge in [-0.1, -0.05) is 6.08 Å². The van der Waals surface area contributed by atoms with Crippen molar-refractivity contribution in [1.29, 1.82) is 0 Å². The van der Waals surface area contributed by atoms with Crippen molar-refractivity contribution in [3.05, 3.63) is 39.7 Å². The van der Waals surface area contributed by atoms with Gasteiger partial charge in [-0.3, -0.25) is 9.36 Å². The second kappa shape index (κ2) is 4.63. The van der Waals surface area contributed by atoms with Crippen molar-refractivity contribution in [3.8, 4) is 0 Å². The molecular formula is C10H15N3O2. The molecule has 0 aliphatic rings. The zero-order valence-corrected chi connectivity index (χ0v) is 8.77. The van der Waals surface area contributed by atoms with Crippen LogP contribution in [0.1, 0.15) is 12.8 Å². The van der Waals surface area contributed by atoms with Gasteiger partial charge in [0.2, 0.25) is 0 Å². The van der Waals surface area contributed by atoms with Gasteiger partial charge in [-0.15, -0.1) is 6.58 Å². The summed E-state index contributed by atoms with van der Waals surface area (Å²) in [6.45, 7) is 3.95. The Morgan fingerprint density at radius 3 is 2.80 bits per heavy atom. The standard InChI is InChI=1S/C10H15N3O2/c1-3-4-5-6-13-9(14)8(11)7-12(2)10(13)15/h3,7H,1,4-6,11H2,2H3. The van der Waals surface area contributed by atoms with Crippen LogP contribution in [0.15, 0.2) is 28.4 Å². The maximum Gasteiger partial charge on any atom is 0.330 e. The summed E-state index contributed by atoms with van der Waals surface area (Å²) in [5.74, 6) is 0. The second-order valence-corrected chi connectivity index (χ2v) is 3.37. The topological polar surface area (TPSA) is 70.0 Å². The molecular weight excluding hydrogens is 194 g/mol. The van der Waals surface area contributed by atoms with E-state index in [1.807, 2.05) is 0 Å². The lowest BCUT2D eigenvalue weighted by molar-refractivity contribution is 0.569. The Bertz CT molecular complexity index is 436. The van der Waals surface area contributed by atoms with Crippen molar-refractivity contribution >= 4 is 5.69 Å². The number of nitrogen functional groups attached to an aromatic ring is 1. The number of hydrogen-bond acceptors (Lipinski definition) is 3. The number of nitrogens with two attached hydrogens (primary N) is 1. The van der Waals surface area contributed by atoms with Crippen LogP contribution < -0.4 is 17.0 Å². The number of allylic oxidation sites excluding steroid dienone is 1. The van der Waals surface area contributed by atoms with Gasteiger partial charge < -0.3 is 10.3 Å². The van der Waals surface area contributed by atoms with Crippen LogP contribution in [-0.2, 0) is 13.6 Å². The normalized spacial score (nSPS) is 10.2. The summed E-state index contributed by atoms with van der Waals surface area (Å²) in [5, 5.41) is 0. The molecule has 1 rings (SSSR count). The van der Waals surface area contributed by atoms with Crippen molar-refractivity contribution < 1.29 is 0 Å². The lowest BCUT2D eigenvalue weighted by Gasteiger charge is -2.07. The van der Waals surface area contributed by atoms with Crippen LogP contribution in [0.4, 0.5) is 5.69 Å². The minimum atomic E-state index is -0.415. The number of nitrogens with zero attached hydrogens (tertiary/aromatic N) is 2. The van der Waals surface area contributed by atoms with Crippen molar-refractivity contribution in [2.75, 3.05) is 5.73 Å². The van der Waals surface area contributed by atoms with Gasteiger partial charge >= 0.3 is 5.69 Å². The van der Waals surface area contributed by atoms with Gasteiger partial charge in [0.25, 0.3) is 5.56 Å². The molecule has 1 heterocycles. The number of rotatable bonds is 4. The zero-order chi connectivity index (χ0) is 11.4. The molecule has 0 aromatic carbocycles. The van der Waals surface area contributed by atoms with Crippen LogP contribution in [0, 0.1) is 0 Å². The summed E-state index contributed by atoms with van der Waals surface area (Å²) in [6.07, 6.45) is 4.57. The van der Waals surface area contributed by atoms with E-state index in [2.05, 4.69) is 6.58 Å². The Labute approximate surface area is 87.5 Å². The number of hydrogen-bond donors (Lipinski definition) is 1. The predicted octanol–water partition coefficient (Wildman–Crippen LogP) is 0.0954. The SMILES string of the molecule is C=CCCCn1c(=O)c(N)cn(C)c1=O. The lowest BCUT2D eigenvalue weighted by Crippen LogP contribution is -2.39. The number of unbranched alkanes of at least 4 members (excludes halogenated alkanes) is 1. The Hall–Kier alpha value is -1.78. The summed E-state index contributed by atoms with van der Waals surface area (Å²) >= 11 is 0. The van der Waals surface area contributed by atoms with Crippen LogP contribution in [0.25, 0.3) is 0 Å². The first kappa shape index (κ1) is 11.3. The fraction of sp³-hybridized carbons (Fsp3) is 0.400. The molecule has 0 aliphatic heterocycles. The third-order valence-corrected chi connectivity index (χ3v) is 2.15. The van der Waals surface area contributed by atoms with E-state index in [0.717, 1.165) is 11.0 Å². The maximum atomic E-state index is 11.6. The van der Waals surface area contributed by atoms with Crippen LogP contribution >= 0.6 is 0 Å². The molecule has 2 N–H and O–H groups in total. The van der Waals surface area contributed by atoms with Gasteiger partial charge in [-0.2, -0.15) is 0 Å². The number of aromatic nitrogens is 2. The molecule has 0 radical (unpaired) electrons. The van der Waals surface area contributed by atoms with E-state index in [4.69, 9.17) is 5.73 Å². The summed E-state index contributed by atoms with van der Waals surface area (Å²) in [7, 11) is 1.57. The van der Waals surface area contributed by atoms with Crippen LogP contribution in [-0.4, -0.2) is 9.13 Å². The molecule has 0 saturated heterocycles. The van der Waals surface area contributed by atoms with Crippen molar-refractivity contribution in [1.82, 2.24) is 9.13 Å². The molecule has 0 aliphatic carbocycles. The monoisotopic (exact) mass is 209 g/mol. The van der Waals surface area contributed by atoms with Gasteiger partial charge in [-0.05, 0) is 12.8 Å². The van der Waals surface area contributed by atoms with E-state index in [1.54, 1.807) is 13.1 Å². The molecule has 0 unspecified atom stereocenters. The van der Waals surface area contributed by atoms with E-state index in [1.165, 1.54) is 10.8 Å². The van der Waals surface area contributed by atoms with Crippen molar-refractivity contribution in [2.24, 2.45) is 7.05 Å². The highest BCUT2D eigenvalue weighted by Gasteiger charge is 2.05. The second-order valence-electron chi connectivity index (χ2n) is 3.37. The highest BCUT2D eigenvalue weighted by Crippen LogP contribution is 1.93. The van der Waals surface area contributed by atoms with E-state index >= 15 is 0 Å². The van der Waals surface area contributed by atoms with Gasteiger partial charge in [0, 0.05) is 19.8 Å². The Balaban J connectivity index is 3.10. The molecule has 0 saturated carbocycles. The minimum absolute atomic E-state index is 0.0932. The molecule has 1 aromatic rings. The highest BCUT2D eigenvalue weighted by atomic mass is 16.2. The Morgan fingerprint density at radius 2 is 2.20 bits per heavy atom. The fourth-order valence-electron chi connectivity index (χ4n) is 1.34. The molecule has 0 bridgehead atoms. The summed E-state index contributed by atoms with van der Waals surface area (Å²) in [5.41, 5.74) is 4.83. The lowest BCUT2D eigenvalue weighted by atomic mass is 10.3. The fourth-order valence-corrected chi connectivity index (χ4v) is 1.34. The van der Waals surface area contributed by atoms with E-state index in [-0.39, 0.29) is 11.4 Å². The molecule has 0 amide bonds. The van der Waals surface area contributed by atoms with E-state index < -0.39 is 5.56 Å². The molecule has 1 aromatic heterocycles. The number of anilines is 1. The minimum Gasteiger partial charge on any atom is -0.393 e. The Kier molecular flexibility index (Phi) is 3.49. The third-order valence-electron chi connectivity index (χ3n) is 2.15. The highest BCUT2D eigenvalue weighted by molar-refractivity contribution is 5.30. The molecule has 15 heavy (non-hydrogen) atoms. The summed E-state index contributed by atoms with van der Waals surface area (Å²) in [6, 6.07) is 0. The third kappa shape index (κ3) is 2.37. The average Bonchev–Trinajstić information content (AvgIpc) is 2.20. The molecule has 0 spiro atoms. The largest absolute Gasteiger partial charge is 0.393 e. The van der Waals surface area contributed by atoms with Crippen molar-refractivity contribution in [3.63, 3.8) is 0 Å². The van der Waals surface area contributed by atoms with Gasteiger partial charge in [-0.25, -0.2) is 4.79 Å². The Morgan fingerprint density at radius 1 is 1.53 bits per heavy atom. The molecule has 5 heteroatoms. The van der Waals surface area contributed by atoms with Gasteiger partial charge in [0.1, 0.15) is 5.69 Å². The van der Waals surface area contributed by atoms with Gasteiger partial charge in [0.15, 0.2) is 0 Å². The molecule has 5 nitrogen and oxygen atoms in total. The zero-order valence-electron chi connectivity index (χ0n) is 8.77. The van der Waals surface area contributed by atoms with Crippen LogP contribution in [0.5, 0.6) is 0 Å². The van der Waals surface area contributed by atoms with Crippen LogP contribution in [0.3, 0.4) is 0 Å². The molecule has 82 valence electrons. The van der Waals surface area contributed by atoms with Crippen molar-refractivity contribution in [2.45, 2.75) is 19.4 Å². The maximum absolute atomic E-state index is 11.6. The van der Waals surface area contributed by atoms with Gasteiger partial charge in [0.05, 0.1) is 0 Å². The first-order valence-corrected chi connectivity index (χ1v) is 4.74. The first-order chi connectivity index (χ1) is 7.07. The average molecular weight is 209 g/mol. The van der Waals surface area contributed by atoms with E-state index in [0.29, 0.717) is 13.0 Å². The quantitative estimate of drug-likeness (QED) is 0.564. The predicted molar refractivity (Wildman–Crippen MR) is 59.8 cm³/mol. The smallest absolute Gasteiger partial charge is 0.330 e. The summed E-state index contributed by atoms with van der Waals surface area (Å²) < 4.78 is 2.46.